The molecule has 2 aliphatic rings. The fourth-order valence-corrected chi connectivity index (χ4v) is 9.37. The lowest BCUT2D eigenvalue weighted by Gasteiger charge is -2.35. The van der Waals surface area contributed by atoms with Crippen LogP contribution in [0.3, 0.4) is 0 Å². The summed E-state index contributed by atoms with van der Waals surface area (Å²) in [6.45, 7) is 4.24. The van der Waals surface area contributed by atoms with Crippen LogP contribution in [0.25, 0.3) is 0 Å². The van der Waals surface area contributed by atoms with E-state index in [1.807, 2.05) is 6.92 Å². The summed E-state index contributed by atoms with van der Waals surface area (Å²) in [6.07, 6.45) is 2.70. The van der Waals surface area contributed by atoms with Crippen molar-refractivity contribution < 1.29 is 53.5 Å². The number of ketones is 2. The number of nitrogens with zero attached hydrogens (tertiary/aromatic N) is 3. The van der Waals surface area contributed by atoms with Gasteiger partial charge in [-0.05, 0) is 110 Å². The normalized spacial score (nSPS) is 15.2. The molecule has 6 aromatic rings. The van der Waals surface area contributed by atoms with Gasteiger partial charge >= 0.3 is 0 Å². The summed E-state index contributed by atoms with van der Waals surface area (Å²) >= 11 is 11.9. The number of nitrogens with one attached hydrogen (secondary N) is 1. The van der Waals surface area contributed by atoms with E-state index in [1.165, 1.54) is 54.7 Å². The molecule has 0 fully saturated rings. The molecular weight excluding hydrogens is 959 g/mol. The van der Waals surface area contributed by atoms with Crippen molar-refractivity contribution in [2.75, 3.05) is 22.8 Å². The van der Waals surface area contributed by atoms with E-state index in [0.717, 1.165) is 52.5 Å². The van der Waals surface area contributed by atoms with E-state index in [1.54, 1.807) is 19.2 Å². The molecule has 0 aliphatic carbocycles. The highest BCUT2D eigenvalue weighted by Crippen LogP contribution is 2.37. The maximum atomic E-state index is 14.1. The molecule has 12 nitrogen and oxygen atoms in total. The number of Topliss-reactive ketones (excluding diaryl/α,β-unsaturated/α-hetero) is 2. The van der Waals surface area contributed by atoms with Crippen molar-refractivity contribution in [1.29, 1.82) is 0 Å². The molecule has 65 heavy (non-hydrogen) atoms. The van der Waals surface area contributed by atoms with E-state index in [2.05, 4.69) is 15.3 Å². The van der Waals surface area contributed by atoms with Gasteiger partial charge in [0.25, 0.3) is 19.1 Å². The molecule has 1 N–H and O–H groups in total. The zero-order valence-corrected chi connectivity index (χ0v) is 37.8. The second-order valence-electron chi connectivity index (χ2n) is 14.4. The highest BCUT2D eigenvalue weighted by Gasteiger charge is 2.36. The average Bonchev–Trinajstić information content (AvgIpc) is 3.23. The molecular formula is C44H35Cl3F4N4O8S2. The predicted octanol–water partition coefficient (Wildman–Crippen LogP) is 9.66. The minimum Gasteiger partial charge on any atom is -0.474 e. The van der Waals surface area contributed by atoms with Crippen LogP contribution in [0, 0.1) is 23.3 Å². The number of halogens is 7. The number of carbonyl (C=O) groups is 2. The van der Waals surface area contributed by atoms with Gasteiger partial charge in [-0.2, -0.15) is 0 Å². The average molecular weight is 994 g/mol. The third-order valence-electron chi connectivity index (χ3n) is 9.45. The van der Waals surface area contributed by atoms with Gasteiger partial charge in [0, 0.05) is 35.9 Å². The van der Waals surface area contributed by atoms with Gasteiger partial charge in [0.1, 0.15) is 42.2 Å². The van der Waals surface area contributed by atoms with Gasteiger partial charge < -0.3 is 14.8 Å². The molecule has 4 aromatic carbocycles. The molecule has 2 aromatic heterocycles. The van der Waals surface area contributed by atoms with Crippen LogP contribution in [0.4, 0.5) is 28.9 Å². The van der Waals surface area contributed by atoms with E-state index in [9.17, 15) is 44.0 Å². The van der Waals surface area contributed by atoms with Crippen molar-refractivity contribution in [2.45, 2.75) is 48.6 Å². The van der Waals surface area contributed by atoms with Crippen LogP contribution in [-0.2, 0) is 31.9 Å². The Morgan fingerprint density at radius 3 is 1.68 bits per heavy atom. The molecule has 2 atom stereocenters. The van der Waals surface area contributed by atoms with Gasteiger partial charge in [0.2, 0.25) is 11.8 Å². The van der Waals surface area contributed by atoms with E-state index in [4.69, 9.17) is 43.4 Å². The van der Waals surface area contributed by atoms with Gasteiger partial charge in [-0.3, -0.25) is 13.9 Å². The summed E-state index contributed by atoms with van der Waals surface area (Å²) in [4.78, 5) is 33.1. The number of aromatic nitrogens is 2. The number of pyridine rings is 2. The van der Waals surface area contributed by atoms with E-state index >= 15 is 0 Å². The van der Waals surface area contributed by atoms with Crippen molar-refractivity contribution in [3.05, 3.63) is 165 Å². The zero-order chi connectivity index (χ0) is 47.2. The summed E-state index contributed by atoms with van der Waals surface area (Å²) in [6, 6.07) is 19.7. The van der Waals surface area contributed by atoms with Gasteiger partial charge in [-0.25, -0.2) is 44.4 Å². The fraction of sp³-hybridized carbons (Fsp3) is 0.182. The summed E-state index contributed by atoms with van der Waals surface area (Å²) in [5, 5.41) is 3.34. The van der Waals surface area contributed by atoms with Crippen LogP contribution in [-0.4, -0.2) is 63.7 Å². The number of sulfonamides is 1. The number of anilines is 2. The smallest absolute Gasteiger partial charge is 0.264 e. The molecule has 4 heterocycles. The second-order valence-corrected chi connectivity index (χ2v) is 19.6. The van der Waals surface area contributed by atoms with Gasteiger partial charge in [0.15, 0.2) is 11.6 Å². The first-order valence-corrected chi connectivity index (χ1v) is 23.7. The quantitative estimate of drug-likeness (QED) is 0.0834. The second kappa shape index (κ2) is 20.6. The van der Waals surface area contributed by atoms with Crippen LogP contribution >= 0.6 is 33.9 Å². The van der Waals surface area contributed by atoms with Crippen molar-refractivity contribution in [1.82, 2.24) is 9.97 Å². The van der Waals surface area contributed by atoms with Crippen LogP contribution in [0.5, 0.6) is 11.8 Å². The summed E-state index contributed by atoms with van der Waals surface area (Å²) in [5.41, 5.74) is 1.58. The molecule has 0 saturated carbocycles. The molecule has 2 unspecified atom stereocenters. The standard InChI is InChI=1S/C22H17ClF2N2O4S.C16H14ClFN2O2.C6H4ClFO2S/c1-13-12-31-22-19(27(13)32(29,30)16-7-5-15(24)6-8-16)9-14(11-26-22)10-20(28)21-17(23)3-2-4-18(21)25;1-9-8-22-16-13(20-9)5-10(7-19-16)6-14(21)15-11(17)3-2-4-12(15)18;7-11(9,10)6-3-1-5(8)2-4-6/h2-9,11,13H,10,12H2,1H3;2-5,7,9,20H,6,8H2,1H3;1-4H. The van der Waals surface area contributed by atoms with Gasteiger partial charge in [0.05, 0.1) is 48.7 Å². The number of carbonyl (C=O) groups excluding carboxylic acids is 2. The van der Waals surface area contributed by atoms with Crippen molar-refractivity contribution in [3.63, 3.8) is 0 Å². The lowest BCUT2D eigenvalue weighted by molar-refractivity contribution is 0.0980. The topological polar surface area (TPSA) is 162 Å². The van der Waals surface area contributed by atoms with Crippen molar-refractivity contribution in [3.8, 4) is 11.8 Å². The van der Waals surface area contributed by atoms with E-state index < -0.39 is 54.2 Å². The Labute approximate surface area is 385 Å². The van der Waals surface area contributed by atoms with E-state index in [0.29, 0.717) is 23.6 Å². The molecule has 0 saturated heterocycles. The molecule has 21 heteroatoms. The third-order valence-corrected chi connectivity index (χ3v) is 13.4. The predicted molar refractivity (Wildman–Crippen MR) is 236 cm³/mol. The van der Waals surface area contributed by atoms with Gasteiger partial charge in [-0.1, -0.05) is 35.3 Å². The van der Waals surface area contributed by atoms with Crippen molar-refractivity contribution in [2.24, 2.45) is 0 Å². The fourth-order valence-electron chi connectivity index (χ4n) is 6.43. The first-order chi connectivity index (χ1) is 30.7. The van der Waals surface area contributed by atoms with E-state index in [-0.39, 0.29) is 73.8 Å². The van der Waals surface area contributed by atoms with Crippen LogP contribution in [0.1, 0.15) is 45.7 Å². The zero-order valence-electron chi connectivity index (χ0n) is 33.9. The first kappa shape index (κ1) is 48.7. The number of hydrogen-bond donors (Lipinski definition) is 1. The highest BCUT2D eigenvalue weighted by molar-refractivity contribution is 8.13. The maximum Gasteiger partial charge on any atom is 0.264 e. The Morgan fingerprint density at radius 1 is 0.692 bits per heavy atom. The molecule has 0 bridgehead atoms. The first-order valence-electron chi connectivity index (χ1n) is 19.2. The monoisotopic (exact) mass is 992 g/mol. The molecule has 0 radical (unpaired) electrons. The lowest BCUT2D eigenvalue weighted by Crippen LogP contribution is -2.45. The Balaban J connectivity index is 0.000000182. The molecule has 0 spiro atoms. The minimum absolute atomic E-state index is 0.0154. The highest BCUT2D eigenvalue weighted by atomic mass is 35.7. The number of hydrogen-bond acceptors (Lipinski definition) is 11. The van der Waals surface area contributed by atoms with Crippen LogP contribution in [0.2, 0.25) is 10.0 Å². The maximum absolute atomic E-state index is 14.1. The SMILES string of the molecule is CC1COc2ncc(CC(=O)c3c(F)cccc3Cl)cc2N1.CC1COc2ncc(CC(=O)c3c(F)cccc3Cl)cc2N1S(=O)(=O)c1ccc(F)cc1.O=S(=O)(Cl)c1ccc(F)cc1. The molecule has 2 aliphatic heterocycles. The Kier molecular flexibility index (Phi) is 15.4. The number of fused-ring (bicyclic) bond motifs is 2. The third kappa shape index (κ3) is 11.9. The van der Waals surface area contributed by atoms with Crippen LogP contribution in [0.15, 0.2) is 119 Å². The molecule has 0 amide bonds. The Morgan fingerprint density at radius 2 is 1.17 bits per heavy atom. The molecule has 340 valence electrons. The minimum atomic E-state index is -4.07. The summed E-state index contributed by atoms with van der Waals surface area (Å²) in [5.74, 6) is -2.78. The number of benzene rings is 4. The van der Waals surface area contributed by atoms with Crippen LogP contribution < -0.4 is 19.1 Å². The Hall–Kier alpha value is -5.79. The number of rotatable bonds is 9. The molecule has 8 rings (SSSR count). The largest absolute Gasteiger partial charge is 0.474 e. The summed E-state index contributed by atoms with van der Waals surface area (Å²) in [7, 11) is -2.82. The Bertz CT molecular complexity index is 2930. The lowest BCUT2D eigenvalue weighted by atomic mass is 10.0. The van der Waals surface area contributed by atoms with Gasteiger partial charge in [-0.15, -0.1) is 0 Å². The number of ether oxygens (including phenoxy) is 2. The van der Waals surface area contributed by atoms with Crippen molar-refractivity contribution >= 4 is 75.9 Å². The summed E-state index contributed by atoms with van der Waals surface area (Å²) < 4.78 is 113.